The zero-order chi connectivity index (χ0) is 86.3. The number of cyclic esters (lactones) is 8. The van der Waals surface area contributed by atoms with Crippen LogP contribution in [0.2, 0.25) is 0 Å². The minimum absolute atomic E-state index is 0.0925. The van der Waals surface area contributed by atoms with Crippen molar-refractivity contribution in [2.45, 2.75) is 56.3 Å². The Morgan fingerprint density at radius 1 is 0.283 bits per heavy atom. The van der Waals surface area contributed by atoms with Gasteiger partial charge in [-0.2, -0.15) is 0 Å². The van der Waals surface area contributed by atoms with E-state index in [4.69, 9.17) is 88.3 Å². The molecule has 0 aromatic heterocycles. The predicted molar refractivity (Wildman–Crippen MR) is 442 cm³/mol. The van der Waals surface area contributed by atoms with E-state index in [2.05, 4.69) is 18.9 Å². The second-order valence-corrected chi connectivity index (χ2v) is 29.5. The fraction of sp³-hybridized carbons (Fsp3) is 0.102. The highest BCUT2D eigenvalue weighted by Gasteiger charge is 2.34. The number of ether oxygens (including phenoxy) is 8. The van der Waals surface area contributed by atoms with Crippen molar-refractivity contribution in [2.24, 2.45) is 0 Å². The summed E-state index contributed by atoms with van der Waals surface area (Å²) in [7, 11) is -3.87. The van der Waals surface area contributed by atoms with Crippen molar-refractivity contribution in [1.29, 1.82) is 0 Å². The molecule has 8 N–H and O–H groups in total. The summed E-state index contributed by atoms with van der Waals surface area (Å²) in [5.41, 5.74) is 28.5. The van der Waals surface area contributed by atoms with Gasteiger partial charge in [0, 0.05) is 70.5 Å². The molecule has 0 radical (unpaired) electrons. The fourth-order valence-corrected chi connectivity index (χ4v) is 13.1. The van der Waals surface area contributed by atoms with E-state index < -0.39 is 79.6 Å². The number of fused-ring (bicyclic) bond motifs is 4. The quantitative estimate of drug-likeness (QED) is 0.00830. The molecule has 27 nitrogen and oxygen atoms in total. The van der Waals surface area contributed by atoms with Crippen LogP contribution in [-0.4, -0.2) is 88.7 Å². The summed E-state index contributed by atoms with van der Waals surface area (Å²) < 4.78 is 65.2. The number of hydrogen-bond donors (Lipinski definition) is 4. The number of Topliss-reactive ketones (excluding diaryl/α,β-unsaturated/α-hetero) is 1. The Morgan fingerprint density at radius 2 is 0.567 bits per heavy atom. The van der Waals surface area contributed by atoms with Gasteiger partial charge in [-0.1, -0.05) is 68.1 Å². The SMILES string of the molecule is Nc1ccc(Oc2ccc(N)cc2)cc1.Nc1cccc(Oc2cccc(Oc3cccc(N)c3)c2)c1.O=C(Cl)CCCCCCCCC(=O)Cl.O=C(Cl)c1ccc(C(=O)CS(=O)(=O)c2ccc(C(=O)Cl)cc2)cc1.O=C1OC(=O)c2cc(-c3ccc4c(c3)C(=O)OC4=O)ccc21.O=C1OC(=O)c2cc(Oc3ccc4c(c3)C(=O)OC4=O)ccc21. The van der Waals surface area contributed by atoms with Crippen LogP contribution in [0.1, 0.15) is 165 Å². The van der Waals surface area contributed by atoms with Crippen LogP contribution in [0.25, 0.3) is 11.1 Å². The molecule has 0 aliphatic carbocycles. The number of nitrogens with two attached hydrogens (primary N) is 4. The van der Waals surface area contributed by atoms with Gasteiger partial charge in [0.05, 0.1) is 49.4 Å². The highest BCUT2D eigenvalue weighted by Crippen LogP contribution is 2.35. The first-order valence-electron chi connectivity index (χ1n) is 35.9. The largest absolute Gasteiger partial charge is 0.457 e. The average Bonchev–Trinajstić information content (AvgIpc) is 1.62. The number of sulfone groups is 1. The number of carbonyl (C=O) groups is 13. The van der Waals surface area contributed by atoms with Crippen molar-refractivity contribution in [2.75, 3.05) is 28.7 Å². The lowest BCUT2D eigenvalue weighted by molar-refractivity contribution is -0.112. The molecule has 0 spiro atoms. The lowest BCUT2D eigenvalue weighted by Gasteiger charge is -2.09. The molecule has 4 aliphatic heterocycles. The molecule has 4 heterocycles. The van der Waals surface area contributed by atoms with Crippen molar-refractivity contribution in [3.05, 3.63) is 304 Å². The molecular formula is C88H66Cl4N4O23S. The Balaban J connectivity index is 0.000000153. The van der Waals surface area contributed by atoms with Crippen LogP contribution in [0.5, 0.6) is 46.0 Å². The number of halogens is 4. The number of rotatable bonds is 24. The van der Waals surface area contributed by atoms with Crippen LogP contribution in [0.4, 0.5) is 22.7 Å². The maximum atomic E-state index is 12.3. The van der Waals surface area contributed by atoms with Crippen molar-refractivity contribution in [3.8, 4) is 57.1 Å². The van der Waals surface area contributed by atoms with Crippen molar-refractivity contribution >= 4 is 153 Å². The number of ketones is 1. The summed E-state index contributed by atoms with van der Waals surface area (Å²) in [5, 5.41) is -1.88. The second-order valence-electron chi connectivity index (χ2n) is 26.0. The molecule has 120 heavy (non-hydrogen) atoms. The molecule has 0 bridgehead atoms. The zero-order valence-corrected chi connectivity index (χ0v) is 66.4. The third kappa shape index (κ3) is 24.9. The molecule has 0 saturated heterocycles. The lowest BCUT2D eigenvalue weighted by Crippen LogP contribution is -2.16. The highest BCUT2D eigenvalue weighted by atomic mass is 35.5. The molecule has 610 valence electrons. The average molecular weight is 1720 g/mol. The van der Waals surface area contributed by atoms with Gasteiger partial charge in [-0.05, 0) is 252 Å². The first kappa shape index (κ1) is 88.2. The monoisotopic (exact) mass is 1720 g/mol. The molecule has 11 aromatic carbocycles. The van der Waals surface area contributed by atoms with Crippen LogP contribution in [0.15, 0.2) is 248 Å². The number of benzene rings is 11. The topological polar surface area (TPSA) is 434 Å². The Kier molecular flexibility index (Phi) is 30.2. The van der Waals surface area contributed by atoms with Crippen LogP contribution in [0, 0.1) is 0 Å². The van der Waals surface area contributed by atoms with Gasteiger partial charge < -0.3 is 60.8 Å². The van der Waals surface area contributed by atoms with Crippen LogP contribution < -0.4 is 41.9 Å². The molecule has 15 rings (SSSR count). The van der Waals surface area contributed by atoms with Gasteiger partial charge in [0.1, 0.15) is 51.7 Å². The zero-order valence-electron chi connectivity index (χ0n) is 62.6. The number of nitrogen functional groups attached to an aromatic ring is 4. The fourth-order valence-electron chi connectivity index (χ4n) is 11.3. The summed E-state index contributed by atoms with van der Waals surface area (Å²) >= 11 is 21.0. The smallest absolute Gasteiger partial charge is 0.347 e. The van der Waals surface area contributed by atoms with E-state index in [0.717, 1.165) is 61.4 Å². The van der Waals surface area contributed by atoms with Crippen LogP contribution in [0.3, 0.4) is 0 Å². The summed E-state index contributed by atoms with van der Waals surface area (Å²) in [4.78, 5) is 146. The molecule has 0 fully saturated rings. The van der Waals surface area contributed by atoms with Crippen molar-refractivity contribution in [3.63, 3.8) is 0 Å². The van der Waals surface area contributed by atoms with Crippen LogP contribution >= 0.6 is 46.4 Å². The van der Waals surface area contributed by atoms with E-state index in [1.54, 1.807) is 48.5 Å². The molecule has 4 aliphatic rings. The van der Waals surface area contributed by atoms with Gasteiger partial charge >= 0.3 is 47.8 Å². The molecule has 0 amide bonds. The third-order valence-corrected chi connectivity index (χ3v) is 19.7. The number of hydrogen-bond acceptors (Lipinski definition) is 27. The van der Waals surface area contributed by atoms with Gasteiger partial charge in [-0.3, -0.25) is 24.0 Å². The van der Waals surface area contributed by atoms with Crippen molar-refractivity contribution < 1.29 is 109 Å². The van der Waals surface area contributed by atoms with E-state index in [1.165, 1.54) is 109 Å². The number of esters is 8. The number of carbonyl (C=O) groups excluding carboxylic acids is 13. The summed E-state index contributed by atoms with van der Waals surface area (Å²) in [5.74, 6) is -2.18. The number of unbranched alkanes of at least 4 members (excludes halogenated alkanes) is 5. The van der Waals surface area contributed by atoms with Gasteiger partial charge in [-0.15, -0.1) is 0 Å². The normalized spacial score (nSPS) is 12.2. The van der Waals surface area contributed by atoms with E-state index in [0.29, 0.717) is 58.3 Å². The molecule has 32 heteroatoms. The highest BCUT2D eigenvalue weighted by molar-refractivity contribution is 7.92. The summed E-state index contributed by atoms with van der Waals surface area (Å²) in [6.07, 6.45) is 6.96. The maximum absolute atomic E-state index is 12.3. The van der Waals surface area contributed by atoms with Crippen LogP contribution in [-0.2, 0) is 38.4 Å². The molecular weight excluding hydrogens is 1650 g/mol. The van der Waals surface area contributed by atoms with E-state index in [1.807, 2.05) is 84.9 Å². The van der Waals surface area contributed by atoms with E-state index >= 15 is 0 Å². The molecule has 0 saturated carbocycles. The molecule has 0 unspecified atom stereocenters. The number of anilines is 4. The van der Waals surface area contributed by atoms with Gasteiger partial charge in [0.25, 0.3) is 10.5 Å². The minimum atomic E-state index is -3.87. The predicted octanol–water partition coefficient (Wildman–Crippen LogP) is 17.9. The summed E-state index contributed by atoms with van der Waals surface area (Å²) in [6, 6.07) is 64.7. The lowest BCUT2D eigenvalue weighted by atomic mass is 9.97. The first-order chi connectivity index (χ1) is 57.3. The van der Waals surface area contributed by atoms with E-state index in [-0.39, 0.29) is 88.1 Å². The Bertz CT molecular complexity index is 5670. The standard InChI is InChI=1S/C18H16N2O2.C16H10Cl2O5S.C16H6O7.C16H6O6.C12H12N2O.C10H16Cl2O2/c19-13-4-1-6-15(10-13)21-17-8-3-9-18(12-17)22-16-7-2-5-14(20)11-16;17-15(20)11-3-1-10(2-4-11)14(19)9-24(22,23)13-7-5-12(6-8-13)16(18)21;17-13-9-3-1-7(5-11(9)15(19)22-13)21-8-2-4-10-12(6-8)16(20)23-14(10)18;17-13-9-3-1-7(5-11(9)15(19)21-13)8-2-4-10-12(6-8)16(20)22-14(10)18;13-9-1-5-11(6-2-9)15-12-7-3-10(14)4-8-12;11-9(13)7-5-3-1-2-4-6-8-10(12)14/h1-12H,19-20H2;1-8H,9H2;1-6H;1-6H;1-8H,13-14H2;1-8H2. The maximum Gasteiger partial charge on any atom is 0.347 e. The Labute approximate surface area is 703 Å². The first-order valence-corrected chi connectivity index (χ1v) is 39.1. The second kappa shape index (κ2) is 41.1. The molecule has 11 aromatic rings. The van der Waals surface area contributed by atoms with Crippen molar-refractivity contribution in [1.82, 2.24) is 0 Å². The van der Waals surface area contributed by atoms with E-state index in [9.17, 15) is 70.7 Å². The van der Waals surface area contributed by atoms with Gasteiger partial charge in [-0.25, -0.2) is 46.8 Å². The van der Waals surface area contributed by atoms with Gasteiger partial charge in [0.2, 0.25) is 10.5 Å². The summed E-state index contributed by atoms with van der Waals surface area (Å²) in [6.45, 7) is 0. The Morgan fingerprint density at radius 3 is 0.917 bits per heavy atom. The Hall–Kier alpha value is -14.2. The third-order valence-electron chi connectivity index (χ3n) is 17.3. The minimum Gasteiger partial charge on any atom is -0.457 e. The molecule has 0 atom stereocenters. The van der Waals surface area contributed by atoms with Gasteiger partial charge in [0.15, 0.2) is 15.6 Å².